The number of aromatic nitrogens is 1. The summed E-state index contributed by atoms with van der Waals surface area (Å²) < 4.78 is 0. The number of hydrogen-bond donors (Lipinski definition) is 2. The molecular formula is C9H13N3S. The molecule has 0 fully saturated rings. The maximum Gasteiger partial charge on any atom is 0.0806 e. The minimum atomic E-state index is 0.233. The van der Waals surface area contributed by atoms with Crippen LogP contribution in [-0.2, 0) is 5.75 Å². The Hall–Kier alpha value is -0.710. The number of nitrogens with zero attached hydrogens (tertiary/aromatic N) is 1. The van der Waals surface area contributed by atoms with Crippen molar-refractivity contribution in [1.82, 2.24) is 10.3 Å². The fourth-order valence-corrected chi connectivity index (χ4v) is 3.11. The largest absolute Gasteiger partial charge is 0.288 e. The third kappa shape index (κ3) is 2.15. The second-order valence-corrected chi connectivity index (χ2v) is 5.11. The van der Waals surface area contributed by atoms with Gasteiger partial charge in [0.25, 0.3) is 0 Å². The molecule has 0 bridgehead atoms. The number of hydrogen-bond acceptors (Lipinski definition) is 3. The maximum absolute atomic E-state index is 5.83. The number of nitrogens with one attached hydrogen (secondary N) is 1. The normalized spacial score (nSPS) is 22.2. The molecule has 0 saturated carbocycles. The topological polar surface area (TPSA) is 50.9 Å². The molecule has 2 heterocycles. The monoisotopic (exact) mass is 195 g/mol. The molecule has 1 atom stereocenters. The van der Waals surface area contributed by atoms with Crippen LogP contribution in [0.15, 0.2) is 24.5 Å². The Bertz CT molecular complexity index is 321. The van der Waals surface area contributed by atoms with Crippen LogP contribution >= 0.6 is 10.5 Å². The van der Waals surface area contributed by atoms with Crippen molar-refractivity contribution in [2.45, 2.75) is 5.75 Å². The Labute approximate surface area is 80.3 Å². The van der Waals surface area contributed by atoms with Gasteiger partial charge in [-0.3, -0.25) is 16.0 Å². The van der Waals surface area contributed by atoms with Crippen molar-refractivity contribution in [2.24, 2.45) is 5.73 Å². The van der Waals surface area contributed by atoms with Gasteiger partial charge in [-0.25, -0.2) is 0 Å². The molecule has 0 aliphatic carbocycles. The summed E-state index contributed by atoms with van der Waals surface area (Å²) in [7, 11) is 0.233. The quantitative estimate of drug-likeness (QED) is 0.676. The summed E-state index contributed by atoms with van der Waals surface area (Å²) in [5.74, 6) is 2.23. The van der Waals surface area contributed by atoms with Crippen molar-refractivity contribution >= 4 is 15.6 Å². The Morgan fingerprint density at radius 3 is 2.85 bits per heavy atom. The van der Waals surface area contributed by atoms with Gasteiger partial charge in [0.05, 0.1) is 5.11 Å². The molecular weight excluding hydrogens is 182 g/mol. The van der Waals surface area contributed by atoms with Crippen LogP contribution in [0.25, 0.3) is 0 Å². The third-order valence-corrected chi connectivity index (χ3v) is 4.19. The summed E-state index contributed by atoms with van der Waals surface area (Å²) in [5, 5.41) is 4.15. The summed E-state index contributed by atoms with van der Waals surface area (Å²) in [6.45, 7) is 1.03. The lowest BCUT2D eigenvalue weighted by atomic mass is 10.3. The van der Waals surface area contributed by atoms with Gasteiger partial charge in [-0.15, -0.1) is 0 Å². The Morgan fingerprint density at radius 2 is 2.23 bits per heavy atom. The molecule has 1 aliphatic heterocycles. The lowest BCUT2D eigenvalue weighted by Gasteiger charge is -2.03. The van der Waals surface area contributed by atoms with Gasteiger partial charge in [-0.2, -0.15) is 10.5 Å². The molecule has 0 radical (unpaired) electrons. The van der Waals surface area contributed by atoms with Crippen molar-refractivity contribution in [2.75, 3.05) is 12.3 Å². The molecule has 13 heavy (non-hydrogen) atoms. The van der Waals surface area contributed by atoms with E-state index in [0.29, 0.717) is 0 Å². The smallest absolute Gasteiger partial charge is 0.0806 e. The first kappa shape index (κ1) is 8.87. The molecule has 2 rings (SSSR count). The summed E-state index contributed by atoms with van der Waals surface area (Å²) >= 11 is 0. The highest BCUT2D eigenvalue weighted by Gasteiger charge is 2.09. The predicted octanol–water partition coefficient (Wildman–Crippen LogP) is 0.500. The lowest BCUT2D eigenvalue weighted by Crippen LogP contribution is -2.26. The Morgan fingerprint density at radius 1 is 1.46 bits per heavy atom. The van der Waals surface area contributed by atoms with Crippen molar-refractivity contribution in [3.63, 3.8) is 0 Å². The second kappa shape index (κ2) is 4.00. The van der Waals surface area contributed by atoms with Crippen LogP contribution in [-0.4, -0.2) is 22.4 Å². The summed E-state index contributed by atoms with van der Waals surface area (Å²) in [6.07, 6.45) is 3.66. The van der Waals surface area contributed by atoms with Gasteiger partial charge in [0.1, 0.15) is 0 Å². The van der Waals surface area contributed by atoms with Gasteiger partial charge in [-0.05, 0) is 17.7 Å². The van der Waals surface area contributed by atoms with E-state index < -0.39 is 0 Å². The van der Waals surface area contributed by atoms with Crippen LogP contribution in [0.4, 0.5) is 0 Å². The Kier molecular flexibility index (Phi) is 2.73. The van der Waals surface area contributed by atoms with E-state index >= 15 is 0 Å². The van der Waals surface area contributed by atoms with Gasteiger partial charge >= 0.3 is 0 Å². The molecule has 70 valence electrons. The molecule has 0 aromatic carbocycles. The van der Waals surface area contributed by atoms with E-state index in [1.165, 1.54) is 11.3 Å². The van der Waals surface area contributed by atoms with Crippen molar-refractivity contribution in [3.05, 3.63) is 30.1 Å². The van der Waals surface area contributed by atoms with Gasteiger partial charge in [0.15, 0.2) is 0 Å². The van der Waals surface area contributed by atoms with E-state index in [1.54, 1.807) is 0 Å². The molecule has 0 amide bonds. The molecule has 3 N–H and O–H groups in total. The number of pyridine rings is 1. The van der Waals surface area contributed by atoms with Gasteiger partial charge in [-0.1, -0.05) is 0 Å². The first-order chi connectivity index (χ1) is 6.36. The van der Waals surface area contributed by atoms with E-state index in [2.05, 4.69) is 22.4 Å². The molecule has 4 heteroatoms. The van der Waals surface area contributed by atoms with Crippen molar-refractivity contribution in [1.29, 1.82) is 0 Å². The van der Waals surface area contributed by atoms with E-state index in [-0.39, 0.29) is 10.5 Å². The SMILES string of the molecule is NC1=S(Cc2ccncc2)CCN1. The van der Waals surface area contributed by atoms with E-state index in [9.17, 15) is 0 Å². The van der Waals surface area contributed by atoms with E-state index in [4.69, 9.17) is 5.73 Å². The van der Waals surface area contributed by atoms with Crippen LogP contribution in [0, 0.1) is 0 Å². The van der Waals surface area contributed by atoms with Gasteiger partial charge < -0.3 is 0 Å². The van der Waals surface area contributed by atoms with Crippen LogP contribution < -0.4 is 11.1 Å². The minimum Gasteiger partial charge on any atom is -0.288 e. The van der Waals surface area contributed by atoms with Crippen molar-refractivity contribution < 1.29 is 0 Å². The molecule has 3 nitrogen and oxygen atoms in total. The molecule has 0 saturated heterocycles. The highest BCUT2D eigenvalue weighted by molar-refractivity contribution is 8.15. The number of rotatable bonds is 2. The standard InChI is InChI=1S/C9H13N3S/c10-9-12-5-6-13(9)7-8-1-3-11-4-2-8/h1-4,12H,5-7,10H2. The fourth-order valence-electron chi connectivity index (χ4n) is 1.34. The average molecular weight is 195 g/mol. The summed E-state index contributed by atoms with van der Waals surface area (Å²) in [6, 6.07) is 4.11. The maximum atomic E-state index is 5.83. The zero-order valence-electron chi connectivity index (χ0n) is 7.36. The Balaban J connectivity index is 2.11. The molecule has 1 unspecified atom stereocenters. The highest BCUT2D eigenvalue weighted by atomic mass is 32.2. The second-order valence-electron chi connectivity index (χ2n) is 2.99. The third-order valence-electron chi connectivity index (χ3n) is 2.05. The fraction of sp³-hybridized carbons (Fsp3) is 0.333. The molecule has 1 aliphatic rings. The summed E-state index contributed by atoms with van der Waals surface area (Å²) in [4.78, 5) is 3.99. The highest BCUT2D eigenvalue weighted by Crippen LogP contribution is 2.21. The first-order valence-corrected chi connectivity index (χ1v) is 5.85. The average Bonchev–Trinajstić information content (AvgIpc) is 2.54. The van der Waals surface area contributed by atoms with Crippen LogP contribution in [0.5, 0.6) is 0 Å². The molecule has 1 aromatic rings. The summed E-state index contributed by atoms with van der Waals surface area (Å²) in [5.41, 5.74) is 7.15. The zero-order valence-corrected chi connectivity index (χ0v) is 8.18. The van der Waals surface area contributed by atoms with Crippen molar-refractivity contribution in [3.8, 4) is 0 Å². The zero-order chi connectivity index (χ0) is 9.10. The van der Waals surface area contributed by atoms with Crippen LogP contribution in [0.1, 0.15) is 5.56 Å². The predicted molar refractivity (Wildman–Crippen MR) is 57.6 cm³/mol. The minimum absolute atomic E-state index is 0.233. The van der Waals surface area contributed by atoms with E-state index in [1.807, 2.05) is 12.4 Å². The number of nitrogens with two attached hydrogens (primary N) is 1. The van der Waals surface area contributed by atoms with Crippen LogP contribution in [0.2, 0.25) is 0 Å². The molecule has 0 spiro atoms. The first-order valence-electron chi connectivity index (χ1n) is 4.29. The molecule has 1 aromatic heterocycles. The van der Waals surface area contributed by atoms with Gasteiger partial charge in [0.2, 0.25) is 0 Å². The lowest BCUT2D eigenvalue weighted by molar-refractivity contribution is 1.00. The van der Waals surface area contributed by atoms with Crippen LogP contribution in [0.3, 0.4) is 0 Å². The van der Waals surface area contributed by atoms with Gasteiger partial charge in [0, 0.05) is 30.4 Å². The van der Waals surface area contributed by atoms with E-state index in [0.717, 1.165) is 17.4 Å².